The van der Waals surface area contributed by atoms with Crippen LogP contribution in [0, 0.1) is 0 Å². The molecular formula is C23H27Cl2NO4. The van der Waals surface area contributed by atoms with Gasteiger partial charge in [0.15, 0.2) is 0 Å². The van der Waals surface area contributed by atoms with Crippen molar-refractivity contribution in [2.24, 2.45) is 0 Å². The van der Waals surface area contributed by atoms with Crippen LogP contribution in [-0.2, 0) is 16.6 Å². The van der Waals surface area contributed by atoms with Gasteiger partial charge >= 0.3 is 5.97 Å². The first-order chi connectivity index (χ1) is 14.1. The summed E-state index contributed by atoms with van der Waals surface area (Å²) < 4.78 is 12.0. The number of carbonyl (C=O) groups is 1. The predicted octanol–water partition coefficient (Wildman–Crippen LogP) is 4.58. The highest BCUT2D eigenvalue weighted by atomic mass is 35.5. The molecule has 30 heavy (non-hydrogen) atoms. The Morgan fingerprint density at radius 2 is 1.97 bits per heavy atom. The fraction of sp³-hybridized carbons (Fsp3) is 0.435. The Morgan fingerprint density at radius 3 is 2.70 bits per heavy atom. The van der Waals surface area contributed by atoms with Gasteiger partial charge in [0, 0.05) is 35.0 Å². The van der Waals surface area contributed by atoms with E-state index in [2.05, 4.69) is 11.0 Å². The van der Waals surface area contributed by atoms with Crippen LogP contribution in [-0.4, -0.2) is 48.8 Å². The zero-order valence-corrected chi connectivity index (χ0v) is 18.4. The number of ether oxygens (including phenoxy) is 2. The molecule has 0 atom stereocenters. The van der Waals surface area contributed by atoms with Crippen molar-refractivity contribution in [2.45, 2.75) is 31.1 Å². The molecule has 0 aliphatic carbocycles. The minimum absolute atomic E-state index is 0. The lowest BCUT2D eigenvalue weighted by atomic mass is 9.74. The highest BCUT2D eigenvalue weighted by molar-refractivity contribution is 6.31. The molecule has 4 rings (SSSR count). The summed E-state index contributed by atoms with van der Waals surface area (Å²) in [6.45, 7) is 3.69. The summed E-state index contributed by atoms with van der Waals surface area (Å²) in [7, 11) is 0. The number of hydrogen-bond acceptors (Lipinski definition) is 4. The van der Waals surface area contributed by atoms with E-state index >= 15 is 0 Å². The third kappa shape index (κ3) is 5.02. The number of nitrogens with zero attached hydrogens (tertiary/aromatic N) is 1. The van der Waals surface area contributed by atoms with Gasteiger partial charge in [0.2, 0.25) is 0 Å². The molecule has 0 amide bonds. The van der Waals surface area contributed by atoms with E-state index in [9.17, 15) is 4.79 Å². The number of likely N-dealkylation sites (tertiary alicyclic amines) is 1. The van der Waals surface area contributed by atoms with Gasteiger partial charge in [-0.2, -0.15) is 0 Å². The standard InChI is InChI=1S/C23H26ClNO4.ClH/c24-20-4-2-1-3-17(20)8-14-28-18-5-6-19-21(15-18)29-16-23(19)9-12-25(13-10-23)11-7-22(26)27;/h1-6,15H,7-14,16H2,(H,26,27);1H. The summed E-state index contributed by atoms with van der Waals surface area (Å²) in [4.78, 5) is 13.0. The van der Waals surface area contributed by atoms with Crippen LogP contribution in [0.3, 0.4) is 0 Å². The van der Waals surface area contributed by atoms with Crippen molar-refractivity contribution in [1.29, 1.82) is 0 Å². The lowest BCUT2D eigenvalue weighted by molar-refractivity contribution is -0.137. The van der Waals surface area contributed by atoms with Crippen LogP contribution in [0.25, 0.3) is 0 Å². The second-order valence-corrected chi connectivity index (χ2v) is 8.31. The van der Waals surface area contributed by atoms with Crippen molar-refractivity contribution in [3.05, 3.63) is 58.6 Å². The third-order valence-corrected chi connectivity index (χ3v) is 6.45. The molecule has 2 aliphatic heterocycles. The molecule has 0 aromatic heterocycles. The number of hydrogen-bond donors (Lipinski definition) is 1. The Hall–Kier alpha value is -1.95. The molecule has 1 fully saturated rings. The van der Waals surface area contributed by atoms with Gasteiger partial charge in [-0.1, -0.05) is 35.9 Å². The molecule has 0 saturated carbocycles. The molecule has 5 nitrogen and oxygen atoms in total. The first kappa shape index (κ1) is 22.7. The third-order valence-electron chi connectivity index (χ3n) is 6.08. The van der Waals surface area contributed by atoms with Crippen LogP contribution in [0.5, 0.6) is 11.5 Å². The Kier molecular flexibility index (Phi) is 7.50. The van der Waals surface area contributed by atoms with Crippen molar-refractivity contribution in [1.82, 2.24) is 4.90 Å². The van der Waals surface area contributed by atoms with Gasteiger partial charge in [-0.05, 0) is 43.6 Å². The van der Waals surface area contributed by atoms with Crippen molar-refractivity contribution in [3.63, 3.8) is 0 Å². The highest BCUT2D eigenvalue weighted by Crippen LogP contribution is 2.46. The smallest absolute Gasteiger partial charge is 0.304 e. The van der Waals surface area contributed by atoms with Crippen LogP contribution in [0.15, 0.2) is 42.5 Å². The first-order valence-corrected chi connectivity index (χ1v) is 10.5. The van der Waals surface area contributed by atoms with Crippen LogP contribution in [0.4, 0.5) is 0 Å². The largest absolute Gasteiger partial charge is 0.493 e. The maximum Gasteiger partial charge on any atom is 0.304 e. The van der Waals surface area contributed by atoms with Crippen LogP contribution >= 0.6 is 24.0 Å². The molecule has 1 N–H and O–H groups in total. The van der Waals surface area contributed by atoms with Gasteiger partial charge in [0.05, 0.1) is 19.6 Å². The van der Waals surface area contributed by atoms with Gasteiger partial charge in [-0.3, -0.25) is 4.79 Å². The second-order valence-electron chi connectivity index (χ2n) is 7.90. The van der Waals surface area contributed by atoms with E-state index < -0.39 is 5.97 Å². The SMILES string of the molecule is Cl.O=C(O)CCN1CCC2(CC1)COc1cc(OCCc3ccccc3Cl)ccc12. The Bertz CT molecular complexity index is 881. The van der Waals surface area contributed by atoms with Gasteiger partial charge in [-0.15, -0.1) is 12.4 Å². The molecule has 7 heteroatoms. The molecule has 162 valence electrons. The van der Waals surface area contributed by atoms with E-state index in [1.54, 1.807) is 0 Å². The van der Waals surface area contributed by atoms with Crippen LogP contribution in [0.1, 0.15) is 30.4 Å². The summed E-state index contributed by atoms with van der Waals surface area (Å²) in [6, 6.07) is 14.0. The lowest BCUT2D eigenvalue weighted by Gasteiger charge is -2.38. The number of rotatable bonds is 7. The quantitative estimate of drug-likeness (QED) is 0.667. The van der Waals surface area contributed by atoms with E-state index in [-0.39, 0.29) is 24.2 Å². The minimum atomic E-state index is -0.734. The zero-order valence-electron chi connectivity index (χ0n) is 16.8. The average Bonchev–Trinajstić information content (AvgIpc) is 3.07. The summed E-state index contributed by atoms with van der Waals surface area (Å²) in [6.07, 6.45) is 2.95. The maximum atomic E-state index is 10.8. The number of benzene rings is 2. The fourth-order valence-corrected chi connectivity index (χ4v) is 4.53. The predicted molar refractivity (Wildman–Crippen MR) is 119 cm³/mol. The monoisotopic (exact) mass is 451 g/mol. The van der Waals surface area contributed by atoms with E-state index in [0.717, 1.165) is 54.4 Å². The molecule has 2 aromatic rings. The minimum Gasteiger partial charge on any atom is -0.493 e. The Labute approximate surface area is 188 Å². The average molecular weight is 452 g/mol. The van der Waals surface area contributed by atoms with E-state index in [4.69, 9.17) is 26.2 Å². The number of piperidine rings is 1. The summed E-state index contributed by atoms with van der Waals surface area (Å²) in [5, 5.41) is 9.65. The molecule has 2 aliphatic rings. The molecular weight excluding hydrogens is 425 g/mol. The van der Waals surface area contributed by atoms with Crippen LogP contribution < -0.4 is 9.47 Å². The number of fused-ring (bicyclic) bond motifs is 2. The molecule has 0 radical (unpaired) electrons. The normalized spacial score (nSPS) is 17.1. The van der Waals surface area contributed by atoms with Gasteiger partial charge in [0.1, 0.15) is 11.5 Å². The number of aliphatic carboxylic acids is 1. The van der Waals surface area contributed by atoms with E-state index in [1.807, 2.05) is 36.4 Å². The summed E-state index contributed by atoms with van der Waals surface area (Å²) in [5.74, 6) is 0.993. The first-order valence-electron chi connectivity index (χ1n) is 10.1. The Morgan fingerprint density at radius 1 is 1.20 bits per heavy atom. The van der Waals surface area contributed by atoms with E-state index in [1.165, 1.54) is 5.56 Å². The van der Waals surface area contributed by atoms with Gasteiger partial charge < -0.3 is 19.5 Å². The topological polar surface area (TPSA) is 59.0 Å². The van der Waals surface area contributed by atoms with Crippen molar-refractivity contribution in [3.8, 4) is 11.5 Å². The lowest BCUT2D eigenvalue weighted by Crippen LogP contribution is -2.44. The second kappa shape index (κ2) is 9.90. The molecule has 1 spiro atoms. The van der Waals surface area contributed by atoms with Gasteiger partial charge in [0.25, 0.3) is 0 Å². The maximum absolute atomic E-state index is 10.8. The van der Waals surface area contributed by atoms with Crippen molar-refractivity contribution < 1.29 is 19.4 Å². The van der Waals surface area contributed by atoms with Crippen LogP contribution in [0.2, 0.25) is 5.02 Å². The van der Waals surface area contributed by atoms with Crippen molar-refractivity contribution >= 4 is 30.0 Å². The molecule has 2 aromatic carbocycles. The molecule has 1 saturated heterocycles. The van der Waals surface area contributed by atoms with E-state index in [0.29, 0.717) is 19.8 Å². The fourth-order valence-electron chi connectivity index (χ4n) is 4.30. The zero-order chi connectivity index (χ0) is 20.3. The summed E-state index contributed by atoms with van der Waals surface area (Å²) >= 11 is 6.20. The molecule has 2 heterocycles. The van der Waals surface area contributed by atoms with Crippen molar-refractivity contribution in [2.75, 3.05) is 32.8 Å². The molecule has 0 bridgehead atoms. The molecule has 0 unspecified atom stereocenters. The Balaban J connectivity index is 0.00000256. The number of carboxylic acid groups (broad SMARTS) is 1. The van der Waals surface area contributed by atoms with Gasteiger partial charge in [-0.25, -0.2) is 0 Å². The number of carboxylic acids is 1. The highest BCUT2D eigenvalue weighted by Gasteiger charge is 2.43. The summed E-state index contributed by atoms with van der Waals surface area (Å²) in [5.41, 5.74) is 2.39. The number of halogens is 2.